The Bertz CT molecular complexity index is 3240. The number of hydrogen-bond donors (Lipinski definition) is 0. The van der Waals surface area contributed by atoms with Crippen molar-refractivity contribution in [3.05, 3.63) is 200 Å². The summed E-state index contributed by atoms with van der Waals surface area (Å²) in [5, 5.41) is 7.67. The van der Waals surface area contributed by atoms with Crippen molar-refractivity contribution < 1.29 is 0 Å². The van der Waals surface area contributed by atoms with Crippen LogP contribution in [0.2, 0.25) is 0 Å². The van der Waals surface area contributed by atoms with Gasteiger partial charge in [0.1, 0.15) is 0 Å². The van der Waals surface area contributed by atoms with Gasteiger partial charge in [-0.3, -0.25) is 0 Å². The zero-order valence-electron chi connectivity index (χ0n) is 29.8. The number of thiophene rings is 2. The fourth-order valence-corrected chi connectivity index (χ4v) is 10.7. The highest BCUT2D eigenvalue weighted by molar-refractivity contribution is 7.26. The molecular weight excluding hydrogens is 703 g/mol. The predicted molar refractivity (Wildman–Crippen MR) is 241 cm³/mol. The molecule has 11 rings (SSSR count). The number of nitrogens with zero attached hydrogens (tertiary/aromatic N) is 1. The van der Waals surface area contributed by atoms with Crippen LogP contribution in [-0.2, 0) is 0 Å². The second-order valence-electron chi connectivity index (χ2n) is 14.0. The third kappa shape index (κ3) is 5.35. The van der Waals surface area contributed by atoms with E-state index in [0.717, 1.165) is 11.4 Å². The zero-order valence-corrected chi connectivity index (χ0v) is 31.4. The van der Waals surface area contributed by atoms with Gasteiger partial charge in [0.2, 0.25) is 0 Å². The number of rotatable bonds is 6. The molecule has 0 atom stereocenters. The van der Waals surface area contributed by atoms with E-state index in [2.05, 4.69) is 205 Å². The molecule has 0 N–H and O–H groups in total. The van der Waals surface area contributed by atoms with Gasteiger partial charge < -0.3 is 4.90 Å². The Morgan fingerprint density at radius 3 is 1.76 bits per heavy atom. The van der Waals surface area contributed by atoms with E-state index in [9.17, 15) is 0 Å². The van der Waals surface area contributed by atoms with Gasteiger partial charge in [-0.15, -0.1) is 22.7 Å². The van der Waals surface area contributed by atoms with Crippen LogP contribution in [0.1, 0.15) is 0 Å². The van der Waals surface area contributed by atoms with Gasteiger partial charge in [-0.05, 0) is 81.6 Å². The molecular formula is C52H33NS2. The van der Waals surface area contributed by atoms with Gasteiger partial charge in [0.25, 0.3) is 0 Å². The molecule has 0 bridgehead atoms. The Morgan fingerprint density at radius 1 is 0.327 bits per heavy atom. The lowest BCUT2D eigenvalue weighted by atomic mass is 9.93. The molecule has 9 aromatic carbocycles. The van der Waals surface area contributed by atoms with Crippen LogP contribution in [0, 0.1) is 0 Å². The number of fused-ring (bicyclic) bond motifs is 7. The number of benzene rings is 9. The molecule has 0 fully saturated rings. The largest absolute Gasteiger partial charge is 0.309 e. The van der Waals surface area contributed by atoms with Gasteiger partial charge >= 0.3 is 0 Å². The summed E-state index contributed by atoms with van der Waals surface area (Å²) in [5.74, 6) is 0. The van der Waals surface area contributed by atoms with Gasteiger partial charge in [-0.25, -0.2) is 0 Å². The SMILES string of the molecule is c1cc(-c2ccccc2-c2ccc3ccccc3c2)cc(N(c2ccccc2-c2cccc3c2sc2ccccc23)c2cccc3sc4ccccc4c23)c1. The van der Waals surface area contributed by atoms with Crippen LogP contribution in [-0.4, -0.2) is 0 Å². The molecule has 258 valence electrons. The van der Waals surface area contributed by atoms with Crippen molar-refractivity contribution in [2.24, 2.45) is 0 Å². The number of para-hydroxylation sites is 1. The summed E-state index contributed by atoms with van der Waals surface area (Å²) in [5.41, 5.74) is 10.7. The number of anilines is 3. The van der Waals surface area contributed by atoms with Crippen molar-refractivity contribution in [2.45, 2.75) is 0 Å². The van der Waals surface area contributed by atoms with Crippen molar-refractivity contribution in [3.8, 4) is 33.4 Å². The average molecular weight is 736 g/mol. The minimum atomic E-state index is 1.12. The molecule has 0 saturated carbocycles. The Kier molecular flexibility index (Phi) is 7.61. The minimum Gasteiger partial charge on any atom is -0.309 e. The van der Waals surface area contributed by atoms with Gasteiger partial charge in [-0.2, -0.15) is 0 Å². The molecule has 0 saturated heterocycles. The molecule has 0 aliphatic heterocycles. The molecule has 0 aliphatic carbocycles. The summed E-state index contributed by atoms with van der Waals surface area (Å²) in [7, 11) is 0. The van der Waals surface area contributed by atoms with Crippen LogP contribution < -0.4 is 4.90 Å². The number of hydrogen-bond acceptors (Lipinski definition) is 3. The minimum absolute atomic E-state index is 1.12. The van der Waals surface area contributed by atoms with E-state index < -0.39 is 0 Å². The first kappa shape index (κ1) is 32.0. The van der Waals surface area contributed by atoms with E-state index in [-0.39, 0.29) is 0 Å². The van der Waals surface area contributed by atoms with Crippen LogP contribution in [0.3, 0.4) is 0 Å². The molecule has 55 heavy (non-hydrogen) atoms. The second-order valence-corrected chi connectivity index (χ2v) is 16.2. The summed E-state index contributed by atoms with van der Waals surface area (Å²) in [4.78, 5) is 2.51. The topological polar surface area (TPSA) is 3.24 Å². The van der Waals surface area contributed by atoms with E-state index in [1.165, 1.54) is 90.2 Å². The third-order valence-corrected chi connectivity index (χ3v) is 13.2. The first-order valence-corrected chi connectivity index (χ1v) is 20.3. The summed E-state index contributed by atoms with van der Waals surface area (Å²) < 4.78 is 5.21. The highest BCUT2D eigenvalue weighted by Crippen LogP contribution is 2.50. The fraction of sp³-hybridized carbons (Fsp3) is 0. The fourth-order valence-electron chi connectivity index (χ4n) is 8.36. The Morgan fingerprint density at radius 2 is 0.909 bits per heavy atom. The van der Waals surface area contributed by atoms with Crippen LogP contribution in [0.5, 0.6) is 0 Å². The molecule has 0 unspecified atom stereocenters. The van der Waals surface area contributed by atoms with E-state index in [4.69, 9.17) is 0 Å². The molecule has 0 aliphatic rings. The van der Waals surface area contributed by atoms with Crippen LogP contribution in [0.15, 0.2) is 200 Å². The standard InChI is InChI=1S/C52H33NS2/c1-2-15-35-32-37(31-30-34(35)14-1)40-19-4-3-18-39(40)36-16-11-17-38(33-36)53(47-26-13-29-50-51(47)45-22-7-10-28-49(45)54-50)46-25-8-5-20-41(46)43-23-12-24-44-42-21-6-9-27-48(42)55-52(43)44/h1-33H. The lowest BCUT2D eigenvalue weighted by molar-refractivity contribution is 1.30. The zero-order chi connectivity index (χ0) is 36.3. The molecule has 0 spiro atoms. The Labute approximate surface area is 327 Å². The van der Waals surface area contributed by atoms with Gasteiger partial charge in [0, 0.05) is 57.2 Å². The van der Waals surface area contributed by atoms with Crippen molar-refractivity contribution in [1.29, 1.82) is 0 Å². The predicted octanol–water partition coefficient (Wildman–Crippen LogP) is 16.0. The van der Waals surface area contributed by atoms with Crippen LogP contribution in [0.4, 0.5) is 17.1 Å². The van der Waals surface area contributed by atoms with Crippen molar-refractivity contribution in [3.63, 3.8) is 0 Å². The second kappa shape index (κ2) is 13.1. The Hall–Kier alpha value is -6.52. The quantitative estimate of drug-likeness (QED) is 0.164. The van der Waals surface area contributed by atoms with Crippen LogP contribution in [0.25, 0.3) is 84.5 Å². The smallest absolute Gasteiger partial charge is 0.0555 e. The van der Waals surface area contributed by atoms with Crippen molar-refractivity contribution in [2.75, 3.05) is 4.90 Å². The van der Waals surface area contributed by atoms with Gasteiger partial charge in [0.15, 0.2) is 0 Å². The highest BCUT2D eigenvalue weighted by atomic mass is 32.1. The monoisotopic (exact) mass is 735 g/mol. The maximum absolute atomic E-state index is 2.51. The summed E-state index contributed by atoms with van der Waals surface area (Å²) in [6, 6.07) is 73.5. The lowest BCUT2D eigenvalue weighted by Crippen LogP contribution is -2.11. The van der Waals surface area contributed by atoms with E-state index in [0.29, 0.717) is 0 Å². The van der Waals surface area contributed by atoms with Crippen molar-refractivity contribution >= 4 is 90.9 Å². The third-order valence-electron chi connectivity index (χ3n) is 10.9. The van der Waals surface area contributed by atoms with E-state index >= 15 is 0 Å². The molecule has 2 aromatic heterocycles. The van der Waals surface area contributed by atoms with Crippen LogP contribution >= 0.6 is 22.7 Å². The molecule has 2 heterocycles. The molecule has 11 aromatic rings. The molecule has 0 radical (unpaired) electrons. The first-order chi connectivity index (χ1) is 27.3. The van der Waals surface area contributed by atoms with Gasteiger partial charge in [-0.1, -0.05) is 152 Å². The highest BCUT2D eigenvalue weighted by Gasteiger charge is 2.23. The molecule has 0 amide bonds. The molecule has 3 heteroatoms. The lowest BCUT2D eigenvalue weighted by Gasteiger charge is -2.29. The average Bonchev–Trinajstić information content (AvgIpc) is 3.83. The summed E-state index contributed by atoms with van der Waals surface area (Å²) in [6.45, 7) is 0. The van der Waals surface area contributed by atoms with E-state index in [1.807, 2.05) is 22.7 Å². The normalized spacial score (nSPS) is 11.6. The first-order valence-electron chi connectivity index (χ1n) is 18.7. The Balaban J connectivity index is 1.16. The van der Waals surface area contributed by atoms with E-state index in [1.54, 1.807) is 0 Å². The van der Waals surface area contributed by atoms with Gasteiger partial charge in [0.05, 0.1) is 11.4 Å². The summed E-state index contributed by atoms with van der Waals surface area (Å²) >= 11 is 3.75. The maximum atomic E-state index is 2.51. The maximum Gasteiger partial charge on any atom is 0.0555 e. The molecule has 1 nitrogen and oxygen atoms in total. The van der Waals surface area contributed by atoms with Crippen molar-refractivity contribution in [1.82, 2.24) is 0 Å². The summed E-state index contributed by atoms with van der Waals surface area (Å²) in [6.07, 6.45) is 0.